The summed E-state index contributed by atoms with van der Waals surface area (Å²) in [4.78, 5) is 0. The van der Waals surface area contributed by atoms with Crippen molar-refractivity contribution in [3.8, 4) is 0 Å². The highest BCUT2D eigenvalue weighted by Gasteiger charge is 2.21. The molecule has 3 nitrogen and oxygen atoms in total. The molecule has 0 bridgehead atoms. The number of halogens is 2. The van der Waals surface area contributed by atoms with Crippen molar-refractivity contribution >= 4 is 33.2 Å². The van der Waals surface area contributed by atoms with Crippen LogP contribution >= 0.6 is 23.2 Å². The lowest BCUT2D eigenvalue weighted by atomic mass is 9.97. The Morgan fingerprint density at radius 2 is 1.76 bits per heavy atom. The maximum absolute atomic E-state index is 11.5. The average Bonchev–Trinajstić information content (AvgIpc) is 2.27. The van der Waals surface area contributed by atoms with Crippen LogP contribution in [0.4, 0.5) is 0 Å². The topological polar surface area (TPSA) is 46.2 Å². The van der Waals surface area contributed by atoms with E-state index in [-0.39, 0.29) is 12.0 Å². The first-order valence-electron chi connectivity index (χ1n) is 5.17. The molecular formula is C11H15Cl2NO2S. The Morgan fingerprint density at radius 3 is 2.18 bits per heavy atom. The molecule has 1 rings (SSSR count). The number of nitrogens with one attached hydrogen (secondary N) is 1. The van der Waals surface area contributed by atoms with Gasteiger partial charge in [0.05, 0.1) is 0 Å². The summed E-state index contributed by atoms with van der Waals surface area (Å²) < 4.78 is 25.5. The lowest BCUT2D eigenvalue weighted by molar-refractivity contribution is 0.464. The summed E-state index contributed by atoms with van der Waals surface area (Å²) in [5, 5.41) is 0.181. The van der Waals surface area contributed by atoms with E-state index in [1.54, 1.807) is 12.1 Å². The Hall–Kier alpha value is -0.290. The fourth-order valence-corrected chi connectivity index (χ4v) is 2.66. The maximum Gasteiger partial charge on any atom is 0.226 e. The van der Waals surface area contributed by atoms with Crippen molar-refractivity contribution in [3.05, 3.63) is 34.9 Å². The third-order valence-corrected chi connectivity index (χ3v) is 4.36. The van der Waals surface area contributed by atoms with Crippen LogP contribution in [0.25, 0.3) is 0 Å². The van der Waals surface area contributed by atoms with E-state index in [9.17, 15) is 8.42 Å². The molecule has 0 aliphatic carbocycles. The van der Waals surface area contributed by atoms with Gasteiger partial charge < -0.3 is 0 Å². The third kappa shape index (κ3) is 4.47. The molecule has 0 aliphatic rings. The molecule has 0 heterocycles. The predicted octanol–water partition coefficient (Wildman–Crippen LogP) is 3.15. The number of hydrogen-bond donors (Lipinski definition) is 1. The Labute approximate surface area is 112 Å². The SMILES string of the molecule is CC(C)C(NS(=O)(=O)CCl)c1ccc(Cl)cc1. The number of hydrogen-bond acceptors (Lipinski definition) is 2. The van der Waals surface area contributed by atoms with Crippen molar-refractivity contribution in [2.45, 2.75) is 19.9 Å². The first-order valence-corrected chi connectivity index (χ1v) is 7.73. The lowest BCUT2D eigenvalue weighted by Crippen LogP contribution is -2.32. The molecule has 17 heavy (non-hydrogen) atoms. The van der Waals surface area contributed by atoms with Crippen molar-refractivity contribution in [3.63, 3.8) is 0 Å². The highest BCUT2D eigenvalue weighted by molar-refractivity contribution is 7.90. The van der Waals surface area contributed by atoms with E-state index in [0.29, 0.717) is 5.02 Å². The summed E-state index contributed by atoms with van der Waals surface area (Å²) in [5.41, 5.74) is 0.873. The number of rotatable bonds is 5. The largest absolute Gasteiger partial charge is 0.226 e. The Morgan fingerprint density at radius 1 is 1.24 bits per heavy atom. The van der Waals surface area contributed by atoms with Crippen LogP contribution in [0.1, 0.15) is 25.5 Å². The average molecular weight is 296 g/mol. The molecule has 1 aromatic rings. The van der Waals surface area contributed by atoms with Gasteiger partial charge in [0.2, 0.25) is 10.0 Å². The smallest absolute Gasteiger partial charge is 0.211 e. The third-order valence-electron chi connectivity index (χ3n) is 2.35. The maximum atomic E-state index is 11.5. The second-order valence-electron chi connectivity index (χ2n) is 4.11. The van der Waals surface area contributed by atoms with Gasteiger partial charge in [0, 0.05) is 11.1 Å². The fraction of sp³-hybridized carbons (Fsp3) is 0.455. The van der Waals surface area contributed by atoms with Crippen LogP contribution in [-0.4, -0.2) is 13.6 Å². The number of benzene rings is 1. The zero-order valence-corrected chi connectivity index (χ0v) is 12.0. The zero-order chi connectivity index (χ0) is 13.1. The van der Waals surface area contributed by atoms with Gasteiger partial charge in [0.1, 0.15) is 5.21 Å². The van der Waals surface area contributed by atoms with Crippen molar-refractivity contribution in [1.29, 1.82) is 0 Å². The highest BCUT2D eigenvalue weighted by Crippen LogP contribution is 2.24. The highest BCUT2D eigenvalue weighted by atomic mass is 35.5. The molecule has 0 saturated carbocycles. The summed E-state index contributed by atoms with van der Waals surface area (Å²) >= 11 is 11.2. The van der Waals surface area contributed by atoms with Crippen LogP contribution in [0.5, 0.6) is 0 Å². The molecule has 0 aliphatic heterocycles. The summed E-state index contributed by atoms with van der Waals surface area (Å²) in [6.45, 7) is 3.88. The minimum atomic E-state index is -3.44. The molecule has 0 aromatic heterocycles. The summed E-state index contributed by atoms with van der Waals surface area (Å²) in [7, 11) is -3.44. The molecule has 0 spiro atoms. The molecule has 0 saturated heterocycles. The van der Waals surface area contributed by atoms with Crippen LogP contribution in [-0.2, 0) is 10.0 Å². The standard InChI is InChI=1S/C11H15Cl2NO2S/c1-8(2)11(14-17(15,16)7-12)9-3-5-10(13)6-4-9/h3-6,8,11,14H,7H2,1-2H3. The van der Waals surface area contributed by atoms with Crippen LogP contribution in [0.2, 0.25) is 5.02 Å². The first kappa shape index (κ1) is 14.8. The minimum Gasteiger partial charge on any atom is -0.211 e. The second-order valence-corrected chi connectivity index (χ2v) is 6.89. The molecule has 0 amide bonds. The molecule has 96 valence electrons. The van der Waals surface area contributed by atoms with Crippen LogP contribution in [0.3, 0.4) is 0 Å². The van der Waals surface area contributed by atoms with Crippen molar-refractivity contribution in [1.82, 2.24) is 4.72 Å². The fourth-order valence-electron chi connectivity index (χ4n) is 1.48. The molecule has 1 atom stereocenters. The predicted molar refractivity (Wildman–Crippen MR) is 71.8 cm³/mol. The van der Waals surface area contributed by atoms with Gasteiger partial charge in [-0.2, -0.15) is 0 Å². The van der Waals surface area contributed by atoms with Gasteiger partial charge in [-0.1, -0.05) is 37.6 Å². The monoisotopic (exact) mass is 295 g/mol. The van der Waals surface area contributed by atoms with Gasteiger partial charge in [0.25, 0.3) is 0 Å². The molecule has 1 unspecified atom stereocenters. The van der Waals surface area contributed by atoms with Gasteiger partial charge in [0.15, 0.2) is 0 Å². The van der Waals surface area contributed by atoms with E-state index in [1.165, 1.54) is 0 Å². The van der Waals surface area contributed by atoms with E-state index < -0.39 is 15.2 Å². The summed E-state index contributed by atoms with van der Waals surface area (Å²) in [5.74, 6) is 0.120. The van der Waals surface area contributed by atoms with Crippen LogP contribution in [0.15, 0.2) is 24.3 Å². The Balaban J connectivity index is 2.98. The van der Waals surface area contributed by atoms with E-state index >= 15 is 0 Å². The van der Waals surface area contributed by atoms with Gasteiger partial charge in [-0.05, 0) is 23.6 Å². The normalized spacial score (nSPS) is 13.9. The summed E-state index contributed by atoms with van der Waals surface area (Å²) in [6.07, 6.45) is 0. The Kier molecular flexibility index (Phi) is 5.25. The van der Waals surface area contributed by atoms with Crippen LogP contribution < -0.4 is 4.72 Å². The molecule has 0 radical (unpaired) electrons. The van der Waals surface area contributed by atoms with E-state index in [0.717, 1.165) is 5.56 Å². The molecule has 6 heteroatoms. The lowest BCUT2D eigenvalue weighted by Gasteiger charge is -2.22. The second kappa shape index (κ2) is 6.05. The minimum absolute atomic E-state index is 0.120. The molecule has 1 aromatic carbocycles. The Bertz CT molecular complexity index is 457. The van der Waals surface area contributed by atoms with Gasteiger partial charge in [-0.3, -0.25) is 0 Å². The quantitative estimate of drug-likeness (QED) is 0.848. The summed E-state index contributed by atoms with van der Waals surface area (Å²) in [6, 6.07) is 6.80. The van der Waals surface area contributed by atoms with Crippen molar-refractivity contribution in [2.24, 2.45) is 5.92 Å². The van der Waals surface area contributed by atoms with Crippen molar-refractivity contribution < 1.29 is 8.42 Å². The van der Waals surface area contributed by atoms with E-state index in [1.807, 2.05) is 26.0 Å². The van der Waals surface area contributed by atoms with Crippen LogP contribution in [0, 0.1) is 5.92 Å². The van der Waals surface area contributed by atoms with E-state index in [2.05, 4.69) is 4.72 Å². The number of sulfonamides is 1. The van der Waals surface area contributed by atoms with Crippen molar-refractivity contribution in [2.75, 3.05) is 5.21 Å². The van der Waals surface area contributed by atoms with Gasteiger partial charge >= 0.3 is 0 Å². The zero-order valence-electron chi connectivity index (χ0n) is 9.65. The van der Waals surface area contributed by atoms with Gasteiger partial charge in [-0.15, -0.1) is 11.6 Å². The first-order chi connectivity index (χ1) is 7.85. The molecule has 1 N–H and O–H groups in total. The molecule has 0 fully saturated rings. The van der Waals surface area contributed by atoms with E-state index in [4.69, 9.17) is 23.2 Å². The molecular weight excluding hydrogens is 281 g/mol. The van der Waals surface area contributed by atoms with Gasteiger partial charge in [-0.25, -0.2) is 13.1 Å². The number of alkyl halides is 1.